The Hall–Kier alpha value is -0.860. The van der Waals surface area contributed by atoms with Crippen LogP contribution in [-0.4, -0.2) is 30.1 Å². The van der Waals surface area contributed by atoms with E-state index >= 15 is 0 Å². The van der Waals surface area contributed by atoms with Crippen molar-refractivity contribution < 1.29 is 0 Å². The van der Waals surface area contributed by atoms with Gasteiger partial charge >= 0.3 is 0 Å². The van der Waals surface area contributed by atoms with Crippen LogP contribution in [0.1, 0.15) is 45.1 Å². The van der Waals surface area contributed by atoms with Crippen LogP contribution in [0.15, 0.2) is 30.3 Å². The Morgan fingerprint density at radius 1 is 1.14 bits per heavy atom. The Kier molecular flexibility index (Phi) is 4.97. The van der Waals surface area contributed by atoms with Gasteiger partial charge in [-0.3, -0.25) is 4.90 Å². The molecule has 0 spiro atoms. The van der Waals surface area contributed by atoms with Crippen LogP contribution in [0.25, 0.3) is 0 Å². The molecular weight excluding hydrogens is 256 g/mol. The fourth-order valence-corrected chi connectivity index (χ4v) is 4.00. The summed E-state index contributed by atoms with van der Waals surface area (Å²) in [5.74, 6) is 1.79. The van der Waals surface area contributed by atoms with Crippen molar-refractivity contribution >= 4 is 0 Å². The number of nitrogens with zero attached hydrogens (tertiary/aromatic N) is 1. The van der Waals surface area contributed by atoms with E-state index in [9.17, 15) is 0 Å². The molecule has 1 saturated carbocycles. The van der Waals surface area contributed by atoms with Gasteiger partial charge in [0, 0.05) is 31.7 Å². The Morgan fingerprint density at radius 3 is 2.57 bits per heavy atom. The Labute approximate surface area is 129 Å². The van der Waals surface area contributed by atoms with E-state index in [0.29, 0.717) is 6.04 Å². The molecule has 3 rings (SSSR count). The number of nitrogens with one attached hydrogen (secondary N) is 1. The minimum atomic E-state index is 0.664. The summed E-state index contributed by atoms with van der Waals surface area (Å²) in [4.78, 5) is 2.79. The van der Waals surface area contributed by atoms with Gasteiger partial charge in [-0.1, -0.05) is 50.6 Å². The number of hydrogen-bond donors (Lipinski definition) is 1. The van der Waals surface area contributed by atoms with Crippen LogP contribution in [0.2, 0.25) is 0 Å². The van der Waals surface area contributed by atoms with E-state index in [4.69, 9.17) is 0 Å². The molecule has 1 heterocycles. The predicted octanol–water partition coefficient (Wildman–Crippen LogP) is 3.68. The number of benzene rings is 1. The molecular formula is C19H30N2. The highest BCUT2D eigenvalue weighted by Gasteiger charge is 2.36. The largest absolute Gasteiger partial charge is 0.309 e. The van der Waals surface area contributed by atoms with Crippen LogP contribution in [-0.2, 0) is 6.54 Å². The highest BCUT2D eigenvalue weighted by Crippen LogP contribution is 2.34. The van der Waals surface area contributed by atoms with E-state index < -0.39 is 0 Å². The maximum Gasteiger partial charge on any atom is 0.0208 e. The van der Waals surface area contributed by atoms with Crippen molar-refractivity contribution in [3.05, 3.63) is 35.9 Å². The first-order chi connectivity index (χ1) is 10.3. The molecule has 2 heteroatoms. The molecule has 2 nitrogen and oxygen atoms in total. The van der Waals surface area contributed by atoms with Crippen molar-refractivity contribution in [3.63, 3.8) is 0 Å². The topological polar surface area (TPSA) is 15.3 Å². The molecule has 1 aliphatic heterocycles. The lowest BCUT2D eigenvalue weighted by Gasteiger charge is -2.48. The molecule has 1 aliphatic carbocycles. The Morgan fingerprint density at radius 2 is 1.95 bits per heavy atom. The van der Waals surface area contributed by atoms with Crippen LogP contribution < -0.4 is 5.32 Å². The summed E-state index contributed by atoms with van der Waals surface area (Å²) in [6.07, 6.45) is 5.52. The number of hydrogen-bond acceptors (Lipinski definition) is 2. The van der Waals surface area contributed by atoms with Gasteiger partial charge in [0.15, 0.2) is 0 Å². The predicted molar refractivity (Wildman–Crippen MR) is 89.2 cm³/mol. The maximum atomic E-state index is 3.81. The van der Waals surface area contributed by atoms with Crippen LogP contribution in [0.4, 0.5) is 0 Å². The van der Waals surface area contributed by atoms with Crippen molar-refractivity contribution in [2.75, 3.05) is 13.1 Å². The highest BCUT2D eigenvalue weighted by molar-refractivity contribution is 5.14. The number of rotatable bonds is 5. The molecule has 0 aromatic heterocycles. The fraction of sp³-hybridized carbons (Fsp3) is 0.684. The first-order valence-corrected chi connectivity index (χ1v) is 8.77. The van der Waals surface area contributed by atoms with Crippen molar-refractivity contribution in [1.82, 2.24) is 10.2 Å². The highest BCUT2D eigenvalue weighted by atomic mass is 15.2. The van der Waals surface area contributed by atoms with Gasteiger partial charge in [-0.15, -0.1) is 0 Å². The molecule has 1 saturated heterocycles. The van der Waals surface area contributed by atoms with Crippen molar-refractivity contribution in [1.29, 1.82) is 0 Å². The monoisotopic (exact) mass is 286 g/mol. The van der Waals surface area contributed by atoms with Gasteiger partial charge in [-0.05, 0) is 36.7 Å². The summed E-state index contributed by atoms with van der Waals surface area (Å²) in [6.45, 7) is 8.37. The van der Waals surface area contributed by atoms with Gasteiger partial charge in [-0.25, -0.2) is 0 Å². The van der Waals surface area contributed by atoms with Gasteiger partial charge < -0.3 is 5.32 Å². The average molecular weight is 286 g/mol. The summed E-state index contributed by atoms with van der Waals surface area (Å²) >= 11 is 0. The molecule has 21 heavy (non-hydrogen) atoms. The molecule has 2 aliphatic rings. The number of likely N-dealkylation sites (tertiary alicyclic amines) is 1. The Bertz CT molecular complexity index is 430. The summed E-state index contributed by atoms with van der Waals surface area (Å²) in [5, 5.41) is 3.81. The van der Waals surface area contributed by atoms with Crippen molar-refractivity contribution in [3.8, 4) is 0 Å². The third-order valence-corrected chi connectivity index (χ3v) is 5.62. The van der Waals surface area contributed by atoms with Gasteiger partial charge in [0.25, 0.3) is 0 Å². The third-order valence-electron chi connectivity index (χ3n) is 5.62. The molecule has 0 bridgehead atoms. The van der Waals surface area contributed by atoms with Crippen LogP contribution in [0, 0.1) is 11.8 Å². The van der Waals surface area contributed by atoms with Crippen molar-refractivity contribution in [2.45, 2.75) is 58.2 Å². The number of piperidine rings is 1. The molecule has 0 amide bonds. The summed E-state index contributed by atoms with van der Waals surface area (Å²) in [5.41, 5.74) is 1.40. The standard InChI is InChI=1S/C19H30N2/c1-3-16-11-18(20-12-17-7-5-4-6-8-17)14-21(13-16)19-10-9-15(19)2/h4-8,15-16,18-20H,3,9-14H2,1-2H3. The van der Waals surface area contributed by atoms with E-state index in [1.54, 1.807) is 0 Å². The fourth-order valence-electron chi connectivity index (χ4n) is 4.00. The summed E-state index contributed by atoms with van der Waals surface area (Å²) < 4.78 is 0. The lowest BCUT2D eigenvalue weighted by Crippen LogP contribution is -2.56. The van der Waals surface area contributed by atoms with Crippen LogP contribution in [0.5, 0.6) is 0 Å². The third kappa shape index (κ3) is 3.67. The van der Waals surface area contributed by atoms with E-state index in [1.165, 1.54) is 44.3 Å². The minimum absolute atomic E-state index is 0.664. The molecule has 1 aromatic rings. The molecule has 116 valence electrons. The van der Waals surface area contributed by atoms with E-state index in [1.807, 2.05) is 0 Å². The summed E-state index contributed by atoms with van der Waals surface area (Å²) in [6, 6.07) is 12.3. The minimum Gasteiger partial charge on any atom is -0.309 e. The Balaban J connectivity index is 1.56. The van der Waals surface area contributed by atoms with E-state index in [-0.39, 0.29) is 0 Å². The first kappa shape index (κ1) is 15.1. The zero-order valence-corrected chi connectivity index (χ0v) is 13.6. The van der Waals surface area contributed by atoms with E-state index in [2.05, 4.69) is 54.4 Å². The van der Waals surface area contributed by atoms with Gasteiger partial charge in [0.2, 0.25) is 0 Å². The molecule has 1 aromatic carbocycles. The molecule has 4 unspecified atom stereocenters. The van der Waals surface area contributed by atoms with Crippen LogP contribution >= 0.6 is 0 Å². The molecule has 2 fully saturated rings. The molecule has 0 radical (unpaired) electrons. The van der Waals surface area contributed by atoms with Gasteiger partial charge in [-0.2, -0.15) is 0 Å². The molecule has 1 N–H and O–H groups in total. The summed E-state index contributed by atoms with van der Waals surface area (Å²) in [7, 11) is 0. The quantitative estimate of drug-likeness (QED) is 0.888. The normalized spacial score (nSPS) is 33.6. The average Bonchev–Trinajstić information content (AvgIpc) is 2.52. The smallest absolute Gasteiger partial charge is 0.0208 e. The zero-order chi connectivity index (χ0) is 14.7. The lowest BCUT2D eigenvalue weighted by molar-refractivity contribution is 0.0219. The lowest BCUT2D eigenvalue weighted by atomic mass is 9.78. The van der Waals surface area contributed by atoms with Crippen LogP contribution in [0.3, 0.4) is 0 Å². The van der Waals surface area contributed by atoms with Gasteiger partial charge in [0.1, 0.15) is 0 Å². The second-order valence-corrected chi connectivity index (χ2v) is 7.15. The zero-order valence-electron chi connectivity index (χ0n) is 13.6. The molecule has 4 atom stereocenters. The second kappa shape index (κ2) is 6.93. The maximum absolute atomic E-state index is 3.81. The van der Waals surface area contributed by atoms with E-state index in [0.717, 1.165) is 24.4 Å². The second-order valence-electron chi connectivity index (χ2n) is 7.15. The SMILES string of the molecule is CCC1CC(NCc2ccccc2)CN(C2CCC2C)C1. The first-order valence-electron chi connectivity index (χ1n) is 8.77. The van der Waals surface area contributed by atoms with Crippen molar-refractivity contribution in [2.24, 2.45) is 11.8 Å². The van der Waals surface area contributed by atoms with Gasteiger partial charge in [0.05, 0.1) is 0 Å².